The Balaban J connectivity index is 0.00000272. The molecule has 0 saturated carbocycles. The van der Waals surface area contributed by atoms with Gasteiger partial charge in [0.1, 0.15) is 5.57 Å². The van der Waals surface area contributed by atoms with Crippen molar-refractivity contribution in [2.24, 2.45) is 11.0 Å². The molecule has 0 radical (unpaired) electrons. The van der Waals surface area contributed by atoms with Gasteiger partial charge < -0.3 is 0 Å². The first-order chi connectivity index (χ1) is 14.4. The van der Waals surface area contributed by atoms with Gasteiger partial charge in [-0.1, -0.05) is 29.8 Å². The van der Waals surface area contributed by atoms with Crippen molar-refractivity contribution >= 4 is 76.1 Å². The summed E-state index contributed by atoms with van der Waals surface area (Å²) in [6, 6.07) is 15.4. The zero-order valence-corrected chi connectivity index (χ0v) is 18.5. The summed E-state index contributed by atoms with van der Waals surface area (Å²) >= 11 is 11.1. The number of amides is 3. The van der Waals surface area contributed by atoms with Gasteiger partial charge in [-0.05, 0) is 61.6 Å². The Morgan fingerprint density at radius 2 is 1.68 bits per heavy atom. The highest BCUT2D eigenvalue weighted by molar-refractivity contribution is 7.80. The quantitative estimate of drug-likeness (QED) is 0.419. The van der Waals surface area contributed by atoms with Crippen molar-refractivity contribution in [3.05, 3.63) is 71.3 Å². The molecule has 1 atom stereocenters. The summed E-state index contributed by atoms with van der Waals surface area (Å²) < 4.78 is 0. The molecule has 1 saturated heterocycles. The molecule has 0 spiro atoms. The maximum Gasteiger partial charge on any atom is 0.269 e. The number of hydrogen-bond acceptors (Lipinski definition) is 5. The molecule has 2 aromatic carbocycles. The Morgan fingerprint density at radius 3 is 2.32 bits per heavy atom. The average Bonchev–Trinajstić information content (AvgIpc) is 3.01. The van der Waals surface area contributed by atoms with Crippen LogP contribution in [-0.4, -0.2) is 28.5 Å². The Hall–Kier alpha value is -3.07. The molecule has 2 heterocycles. The van der Waals surface area contributed by atoms with E-state index in [-0.39, 0.29) is 29.0 Å². The fourth-order valence-corrected chi connectivity index (χ4v) is 3.60. The van der Waals surface area contributed by atoms with Crippen LogP contribution in [0.1, 0.15) is 6.92 Å². The lowest BCUT2D eigenvalue weighted by Crippen LogP contribution is -2.54. The molecule has 3 amide bonds. The monoisotopic (exact) mass is 474 g/mol. The smallest absolute Gasteiger partial charge is 0.269 e. The molecule has 2 aliphatic rings. The van der Waals surface area contributed by atoms with Crippen molar-refractivity contribution in [1.29, 1.82) is 0 Å². The van der Waals surface area contributed by atoms with Crippen molar-refractivity contribution < 1.29 is 14.4 Å². The molecule has 1 fully saturated rings. The predicted octanol–water partition coefficient (Wildman–Crippen LogP) is 3.47. The molecule has 31 heavy (non-hydrogen) atoms. The standard InChI is InChI=1S/C21H15ClN4O3S.ClH/c1-12-16(20(29)26(24-12)15-5-3-2-4-6-15)11-17-18(27)23-21(30)25(19(17)28)14-9-7-13(22)8-10-14;/h2-11,16H,1H3,(H,23,27,30);1H/b17-11-;. The van der Waals surface area contributed by atoms with Crippen molar-refractivity contribution in [1.82, 2.24) is 5.32 Å². The summed E-state index contributed by atoms with van der Waals surface area (Å²) in [6.45, 7) is 1.68. The first-order valence-corrected chi connectivity index (χ1v) is 9.76. The van der Waals surface area contributed by atoms with Gasteiger partial charge >= 0.3 is 0 Å². The van der Waals surface area contributed by atoms with Crippen LogP contribution >= 0.6 is 36.2 Å². The second-order valence-corrected chi connectivity index (χ2v) is 7.48. The van der Waals surface area contributed by atoms with E-state index in [9.17, 15) is 14.4 Å². The minimum Gasteiger partial charge on any atom is -0.298 e. The number of rotatable bonds is 3. The molecule has 158 valence electrons. The van der Waals surface area contributed by atoms with Crippen molar-refractivity contribution in [3.63, 3.8) is 0 Å². The van der Waals surface area contributed by atoms with E-state index in [1.165, 1.54) is 16.0 Å². The van der Waals surface area contributed by atoms with Crippen LogP contribution in [0.3, 0.4) is 0 Å². The van der Waals surface area contributed by atoms with Crippen LogP contribution in [0.4, 0.5) is 11.4 Å². The first-order valence-electron chi connectivity index (χ1n) is 8.98. The van der Waals surface area contributed by atoms with Gasteiger partial charge in [0.25, 0.3) is 17.7 Å². The van der Waals surface area contributed by atoms with Crippen molar-refractivity contribution in [2.45, 2.75) is 6.92 Å². The van der Waals surface area contributed by atoms with Gasteiger partial charge in [-0.15, -0.1) is 12.4 Å². The number of thiocarbonyl (C=S) groups is 1. The van der Waals surface area contributed by atoms with Gasteiger partial charge in [0, 0.05) is 5.02 Å². The van der Waals surface area contributed by atoms with Crippen molar-refractivity contribution in [3.8, 4) is 0 Å². The molecule has 2 aliphatic heterocycles. The topological polar surface area (TPSA) is 82.1 Å². The van der Waals surface area contributed by atoms with Gasteiger partial charge in [-0.3, -0.25) is 24.6 Å². The number of nitrogens with one attached hydrogen (secondary N) is 1. The molecular formula is C21H16Cl2N4O3S. The summed E-state index contributed by atoms with van der Waals surface area (Å²) in [5.41, 5.74) is 1.35. The number of para-hydroxylation sites is 1. The fourth-order valence-electron chi connectivity index (χ4n) is 3.19. The van der Waals surface area contributed by atoms with Crippen LogP contribution in [0, 0.1) is 5.92 Å². The zero-order chi connectivity index (χ0) is 21.4. The Morgan fingerprint density at radius 1 is 1.03 bits per heavy atom. The van der Waals surface area contributed by atoms with E-state index in [2.05, 4.69) is 10.4 Å². The van der Waals surface area contributed by atoms with Gasteiger partial charge in [-0.25, -0.2) is 0 Å². The minimum atomic E-state index is -0.839. The maximum absolute atomic E-state index is 13.1. The third-order valence-corrected chi connectivity index (χ3v) is 5.24. The Labute approximate surface area is 194 Å². The van der Waals surface area contributed by atoms with E-state index in [1.54, 1.807) is 55.5 Å². The number of hydrazone groups is 1. The van der Waals surface area contributed by atoms with Gasteiger partial charge in [-0.2, -0.15) is 10.1 Å². The molecular weight excluding hydrogens is 459 g/mol. The zero-order valence-electron chi connectivity index (χ0n) is 16.1. The predicted molar refractivity (Wildman–Crippen MR) is 126 cm³/mol. The average molecular weight is 475 g/mol. The van der Waals surface area contributed by atoms with Crippen molar-refractivity contribution in [2.75, 3.05) is 9.91 Å². The number of benzene rings is 2. The number of hydrogen-bond donors (Lipinski definition) is 1. The van der Waals surface area contributed by atoms with Gasteiger partial charge in [0.05, 0.1) is 23.0 Å². The minimum absolute atomic E-state index is 0. The third kappa shape index (κ3) is 4.23. The molecule has 0 aromatic heterocycles. The van der Waals surface area contributed by atoms with Gasteiger partial charge in [0.2, 0.25) is 0 Å². The fraction of sp³-hybridized carbons (Fsp3) is 0.0952. The summed E-state index contributed by atoms with van der Waals surface area (Å²) in [5, 5.41) is 8.52. The molecule has 10 heteroatoms. The molecule has 4 rings (SSSR count). The second kappa shape index (κ2) is 8.97. The third-order valence-electron chi connectivity index (χ3n) is 4.70. The Bertz CT molecular complexity index is 1130. The van der Waals surface area contributed by atoms with E-state index in [0.717, 1.165) is 0 Å². The van der Waals surface area contributed by atoms with Crippen LogP contribution < -0.4 is 15.2 Å². The maximum atomic E-state index is 13.1. The van der Waals surface area contributed by atoms with Crippen LogP contribution in [0.5, 0.6) is 0 Å². The number of carbonyl (C=O) groups is 3. The molecule has 1 unspecified atom stereocenters. The Kier molecular flexibility index (Phi) is 6.54. The number of carbonyl (C=O) groups excluding carboxylic acids is 3. The highest BCUT2D eigenvalue weighted by Gasteiger charge is 2.39. The first kappa shape index (κ1) is 22.6. The summed E-state index contributed by atoms with van der Waals surface area (Å²) in [4.78, 5) is 39.7. The normalized spacial score (nSPS) is 20.0. The lowest BCUT2D eigenvalue weighted by atomic mass is 9.98. The van der Waals surface area contributed by atoms with E-state index in [1.807, 2.05) is 6.07 Å². The largest absolute Gasteiger partial charge is 0.298 e. The summed E-state index contributed by atoms with van der Waals surface area (Å²) in [6.07, 6.45) is 1.34. The van der Waals surface area contributed by atoms with Crippen LogP contribution in [0.2, 0.25) is 5.02 Å². The summed E-state index contributed by atoms with van der Waals surface area (Å²) in [5.74, 6) is -2.47. The SMILES string of the molecule is CC1=NN(c2ccccc2)C(=O)C1/C=C1/C(=O)NC(=S)N(c2ccc(Cl)cc2)C1=O.Cl. The van der Waals surface area contributed by atoms with E-state index in [0.29, 0.717) is 22.1 Å². The number of halogens is 2. The van der Waals surface area contributed by atoms with Crippen LogP contribution in [0.15, 0.2) is 71.3 Å². The summed E-state index contributed by atoms with van der Waals surface area (Å²) in [7, 11) is 0. The lowest BCUT2D eigenvalue weighted by molar-refractivity contribution is -0.122. The molecule has 0 bridgehead atoms. The van der Waals surface area contributed by atoms with Crippen LogP contribution in [-0.2, 0) is 14.4 Å². The number of nitrogens with zero attached hydrogens (tertiary/aromatic N) is 3. The molecule has 0 aliphatic carbocycles. The lowest BCUT2D eigenvalue weighted by Gasteiger charge is -2.29. The van der Waals surface area contributed by atoms with E-state index >= 15 is 0 Å². The highest BCUT2D eigenvalue weighted by atomic mass is 35.5. The molecule has 1 N–H and O–H groups in total. The second-order valence-electron chi connectivity index (χ2n) is 6.66. The highest BCUT2D eigenvalue weighted by Crippen LogP contribution is 2.27. The van der Waals surface area contributed by atoms with E-state index < -0.39 is 17.7 Å². The van der Waals surface area contributed by atoms with Crippen LogP contribution in [0.25, 0.3) is 0 Å². The molecule has 2 aromatic rings. The van der Waals surface area contributed by atoms with Gasteiger partial charge in [0.15, 0.2) is 5.11 Å². The van der Waals surface area contributed by atoms with E-state index in [4.69, 9.17) is 23.8 Å². The molecule has 7 nitrogen and oxygen atoms in total. The number of anilines is 2.